The zero-order chi connectivity index (χ0) is 20.4. The highest BCUT2D eigenvalue weighted by Crippen LogP contribution is 2.55. The quantitative estimate of drug-likeness (QED) is 0.298. The molecule has 8 heteroatoms. The molecule has 0 spiro atoms. The van der Waals surface area contributed by atoms with E-state index < -0.39 is 46.3 Å². The molecule has 28 heavy (non-hydrogen) atoms. The molecule has 3 aliphatic carbocycles. The minimum Gasteiger partial charge on any atom is -0.504 e. The van der Waals surface area contributed by atoms with E-state index >= 15 is 0 Å². The molecule has 0 saturated heterocycles. The van der Waals surface area contributed by atoms with Crippen molar-refractivity contribution < 1.29 is 39.9 Å². The van der Waals surface area contributed by atoms with Gasteiger partial charge in [-0.2, -0.15) is 0 Å². The smallest absolute Gasteiger partial charge is 0.334 e. The fraction of sp³-hybridized carbons (Fsp3) is 0.200. The molecular weight excluding hydrogens is 368 g/mol. The Morgan fingerprint density at radius 2 is 1.79 bits per heavy atom. The summed E-state index contributed by atoms with van der Waals surface area (Å²) in [5, 5.41) is 51.3. The van der Waals surface area contributed by atoms with Crippen LogP contribution >= 0.6 is 0 Å². The Morgan fingerprint density at radius 3 is 2.46 bits per heavy atom. The van der Waals surface area contributed by atoms with Crippen molar-refractivity contribution >= 4 is 22.5 Å². The standard InChI is InChI=1S/C20H16O8/c1-2-28-19(26)11-7-20(27)12(21)6-5-8(11)9-3-4-10-13(14(9)20)16(23)18(25)17(24)15(10)22/h3-8,22-25,27H,2H2,1H3. The highest BCUT2D eigenvalue weighted by molar-refractivity contribution is 6.11. The molecule has 2 aromatic rings. The second-order valence-corrected chi connectivity index (χ2v) is 6.63. The van der Waals surface area contributed by atoms with E-state index in [9.17, 15) is 35.1 Å². The normalized spacial score (nSPS) is 22.7. The monoisotopic (exact) mass is 384 g/mol. The first-order valence-corrected chi connectivity index (χ1v) is 8.50. The number of carbonyl (C=O) groups is 2. The number of aromatic hydroxyl groups is 4. The number of rotatable bonds is 2. The van der Waals surface area contributed by atoms with Crippen LogP contribution in [0.1, 0.15) is 24.0 Å². The maximum absolute atomic E-state index is 12.7. The van der Waals surface area contributed by atoms with Crippen molar-refractivity contribution in [3.05, 3.63) is 47.1 Å². The number of ketones is 1. The van der Waals surface area contributed by atoms with Crippen LogP contribution in [0.5, 0.6) is 23.0 Å². The van der Waals surface area contributed by atoms with Gasteiger partial charge in [-0.25, -0.2) is 4.79 Å². The summed E-state index contributed by atoms with van der Waals surface area (Å²) in [5.74, 6) is -5.65. The lowest BCUT2D eigenvalue weighted by Gasteiger charge is -2.33. The summed E-state index contributed by atoms with van der Waals surface area (Å²) in [6.45, 7) is 1.73. The van der Waals surface area contributed by atoms with E-state index in [-0.39, 0.29) is 28.5 Å². The number of aliphatic hydroxyl groups is 1. The highest BCUT2D eigenvalue weighted by atomic mass is 16.5. The van der Waals surface area contributed by atoms with Crippen LogP contribution in [0.2, 0.25) is 0 Å². The molecule has 0 amide bonds. The van der Waals surface area contributed by atoms with Crippen molar-refractivity contribution in [3.63, 3.8) is 0 Å². The molecule has 0 aromatic heterocycles. The zero-order valence-corrected chi connectivity index (χ0v) is 14.6. The number of phenols is 4. The van der Waals surface area contributed by atoms with Crippen molar-refractivity contribution in [1.29, 1.82) is 0 Å². The Hall–Kier alpha value is -3.52. The van der Waals surface area contributed by atoms with E-state index in [0.29, 0.717) is 5.56 Å². The lowest BCUT2D eigenvalue weighted by molar-refractivity contribution is -0.139. The zero-order valence-electron chi connectivity index (χ0n) is 14.6. The van der Waals surface area contributed by atoms with Gasteiger partial charge in [0.15, 0.2) is 22.9 Å². The fourth-order valence-electron chi connectivity index (χ4n) is 3.87. The molecule has 3 aliphatic rings. The summed E-state index contributed by atoms with van der Waals surface area (Å²) < 4.78 is 5.02. The molecule has 2 aromatic carbocycles. The Balaban J connectivity index is 2.13. The maximum Gasteiger partial charge on any atom is 0.334 e. The van der Waals surface area contributed by atoms with Gasteiger partial charge < -0.3 is 30.3 Å². The van der Waals surface area contributed by atoms with Crippen LogP contribution in [-0.2, 0) is 19.9 Å². The number of benzene rings is 2. The molecule has 0 aliphatic heterocycles. The fourth-order valence-corrected chi connectivity index (χ4v) is 3.87. The minimum atomic E-state index is -2.34. The van der Waals surface area contributed by atoms with Crippen LogP contribution in [0.25, 0.3) is 10.8 Å². The van der Waals surface area contributed by atoms with E-state index in [1.165, 1.54) is 18.2 Å². The van der Waals surface area contributed by atoms with E-state index in [1.807, 2.05) is 0 Å². The minimum absolute atomic E-state index is 0.0602. The number of esters is 1. The first-order chi connectivity index (χ1) is 13.2. The first kappa shape index (κ1) is 17.9. The second kappa shape index (κ2) is 5.74. The summed E-state index contributed by atoms with van der Waals surface area (Å²) in [6, 6.07) is 2.83. The Kier molecular flexibility index (Phi) is 3.66. The van der Waals surface area contributed by atoms with Crippen LogP contribution in [-0.4, -0.2) is 43.9 Å². The van der Waals surface area contributed by atoms with Crippen molar-refractivity contribution in [2.24, 2.45) is 0 Å². The van der Waals surface area contributed by atoms with Gasteiger partial charge in [0.2, 0.25) is 11.5 Å². The maximum atomic E-state index is 12.7. The molecule has 0 heterocycles. The number of hydrogen-bond donors (Lipinski definition) is 5. The number of phenolic OH excluding ortho intramolecular Hbond substituents is 4. The van der Waals surface area contributed by atoms with E-state index in [4.69, 9.17) is 4.74 Å². The van der Waals surface area contributed by atoms with Crippen molar-refractivity contribution in [1.82, 2.24) is 0 Å². The lowest BCUT2D eigenvalue weighted by Crippen LogP contribution is -2.37. The number of allylic oxidation sites excluding steroid dienone is 1. The van der Waals surface area contributed by atoms with Gasteiger partial charge in [-0.3, -0.25) is 4.79 Å². The molecule has 144 valence electrons. The van der Waals surface area contributed by atoms with Crippen molar-refractivity contribution in [2.75, 3.05) is 6.61 Å². The molecule has 0 fully saturated rings. The number of carbonyl (C=O) groups excluding carboxylic acids is 2. The molecule has 2 atom stereocenters. The van der Waals surface area contributed by atoms with E-state index in [0.717, 1.165) is 12.2 Å². The first-order valence-electron chi connectivity index (χ1n) is 8.50. The van der Waals surface area contributed by atoms with Gasteiger partial charge in [0.25, 0.3) is 0 Å². The van der Waals surface area contributed by atoms with Crippen LogP contribution in [0, 0.1) is 0 Å². The average Bonchev–Trinajstić information content (AvgIpc) is 2.87. The Bertz CT molecular complexity index is 1130. The molecule has 5 rings (SSSR count). The van der Waals surface area contributed by atoms with Crippen LogP contribution in [0.3, 0.4) is 0 Å². The molecule has 2 bridgehead atoms. The van der Waals surface area contributed by atoms with Gasteiger partial charge in [-0.1, -0.05) is 18.2 Å². The van der Waals surface area contributed by atoms with Crippen LogP contribution in [0.15, 0.2) is 35.9 Å². The Labute approximate surface area is 158 Å². The molecule has 8 nitrogen and oxygen atoms in total. The number of ether oxygens (including phenoxy) is 1. The molecular formula is C20H16O8. The Morgan fingerprint density at radius 1 is 1.11 bits per heavy atom. The summed E-state index contributed by atoms with van der Waals surface area (Å²) >= 11 is 0. The summed E-state index contributed by atoms with van der Waals surface area (Å²) in [6.07, 6.45) is 3.65. The molecule has 0 saturated carbocycles. The summed E-state index contributed by atoms with van der Waals surface area (Å²) in [5.41, 5.74) is -2.04. The van der Waals surface area contributed by atoms with Gasteiger partial charge in [0, 0.05) is 27.8 Å². The second-order valence-electron chi connectivity index (χ2n) is 6.63. The predicted molar refractivity (Wildman–Crippen MR) is 96.1 cm³/mol. The van der Waals surface area contributed by atoms with Crippen LogP contribution in [0.4, 0.5) is 0 Å². The van der Waals surface area contributed by atoms with Crippen molar-refractivity contribution in [3.8, 4) is 23.0 Å². The third kappa shape index (κ3) is 2.09. The third-order valence-corrected chi connectivity index (χ3v) is 5.14. The van der Waals surface area contributed by atoms with Gasteiger partial charge in [-0.05, 0) is 24.6 Å². The largest absolute Gasteiger partial charge is 0.504 e. The topological polar surface area (TPSA) is 145 Å². The van der Waals surface area contributed by atoms with Gasteiger partial charge in [0.05, 0.1) is 6.61 Å². The van der Waals surface area contributed by atoms with Gasteiger partial charge in [-0.15, -0.1) is 0 Å². The lowest BCUT2D eigenvalue weighted by atomic mass is 9.73. The molecule has 0 radical (unpaired) electrons. The SMILES string of the molecule is CCOC(=O)C1=CC2(O)C(=O)C=CC1c1ccc3c(O)c(O)c(O)c(O)c3c12. The van der Waals surface area contributed by atoms with E-state index in [2.05, 4.69) is 0 Å². The van der Waals surface area contributed by atoms with E-state index in [1.54, 1.807) is 6.92 Å². The van der Waals surface area contributed by atoms with Crippen LogP contribution < -0.4 is 0 Å². The molecule has 5 N–H and O–H groups in total. The molecule has 2 unspecified atom stereocenters. The highest BCUT2D eigenvalue weighted by Gasteiger charge is 2.48. The van der Waals surface area contributed by atoms with Crippen molar-refractivity contribution in [2.45, 2.75) is 18.4 Å². The number of fused-ring (bicyclic) bond motifs is 2. The van der Waals surface area contributed by atoms with Gasteiger partial charge in [0.1, 0.15) is 0 Å². The average molecular weight is 384 g/mol. The number of hydrogen-bond acceptors (Lipinski definition) is 8. The summed E-state index contributed by atoms with van der Waals surface area (Å²) in [4.78, 5) is 25.1. The third-order valence-electron chi connectivity index (χ3n) is 5.14. The van der Waals surface area contributed by atoms with Gasteiger partial charge >= 0.3 is 5.97 Å². The summed E-state index contributed by atoms with van der Waals surface area (Å²) in [7, 11) is 0. The predicted octanol–water partition coefficient (Wildman–Crippen LogP) is 1.58.